The van der Waals surface area contributed by atoms with Crippen molar-refractivity contribution in [2.45, 2.75) is 13.8 Å². The Morgan fingerprint density at radius 3 is 1.50 bits per heavy atom. The number of hydrogen-bond acceptors (Lipinski definition) is 5. The summed E-state index contributed by atoms with van der Waals surface area (Å²) in [6.07, 6.45) is 0. The molecule has 0 atom stereocenters. The molecule has 0 fully saturated rings. The van der Waals surface area contributed by atoms with E-state index in [9.17, 15) is 4.79 Å². The van der Waals surface area contributed by atoms with Gasteiger partial charge in [0.25, 0.3) is 0 Å². The Labute approximate surface area is 226 Å². The van der Waals surface area contributed by atoms with Gasteiger partial charge in [-0.1, -0.05) is 47.6 Å². The van der Waals surface area contributed by atoms with Crippen LogP contribution in [0.25, 0.3) is 43.6 Å². The minimum absolute atomic E-state index is 0. The number of fused-ring (bicyclic) bond motifs is 6. The van der Waals surface area contributed by atoms with E-state index in [2.05, 4.69) is 70.7 Å². The summed E-state index contributed by atoms with van der Waals surface area (Å²) in [5, 5.41) is 23.4. The van der Waals surface area contributed by atoms with Gasteiger partial charge in [0.1, 0.15) is 0 Å². The topological polar surface area (TPSA) is 106 Å². The maximum Gasteiger partial charge on any atom is 0.159 e. The fraction of sp³-hybridized carbons (Fsp3) is 0.133. The summed E-state index contributed by atoms with van der Waals surface area (Å²) in [6.45, 7) is 3.40. The van der Waals surface area contributed by atoms with Crippen molar-refractivity contribution in [2.75, 3.05) is 0 Å². The number of ketones is 1. The van der Waals surface area contributed by atoms with Gasteiger partial charge in [-0.2, -0.15) is 0 Å². The van der Waals surface area contributed by atoms with Crippen molar-refractivity contribution in [2.24, 2.45) is 25.1 Å². The van der Waals surface area contributed by atoms with E-state index in [1.54, 1.807) is 13.8 Å². The highest BCUT2D eigenvalue weighted by atomic mass is 35.5. The average molecular weight is 531 g/mol. The second-order valence-corrected chi connectivity index (χ2v) is 8.86. The number of nitrogens with two attached hydrogens (primary N) is 1. The van der Waals surface area contributed by atoms with E-state index in [0.717, 1.165) is 22.0 Å². The standard InChI is InChI=1S/C15H14N2O.C15H13NO.ClH.H3NO/c1-10(16-18)11-7-8-15-13(9-11)12-5-3-4-6-14(12)17(15)2;1-10(17)11-7-8-15-13(9-11)12-5-3-4-6-14(12)16(15)2;;1-2/h3-9,18H,1-2H3;3-9H,1-2H3;1H;2H,1H2/b16-10-;;;. The first kappa shape index (κ1) is 28.4. The average Bonchev–Trinajstić information content (AvgIpc) is 3.40. The smallest absolute Gasteiger partial charge is 0.159 e. The van der Waals surface area contributed by atoms with Crippen LogP contribution in [0.5, 0.6) is 0 Å². The number of halogens is 1. The molecule has 2 heterocycles. The number of benzene rings is 4. The Morgan fingerprint density at radius 1 is 0.658 bits per heavy atom. The molecule has 0 aliphatic rings. The van der Waals surface area contributed by atoms with Gasteiger partial charge < -0.3 is 19.5 Å². The van der Waals surface area contributed by atoms with Crippen LogP contribution in [0.1, 0.15) is 29.8 Å². The lowest BCUT2D eigenvalue weighted by Crippen LogP contribution is -1.94. The SMILES string of the molecule is C/C(=N/O)c1ccc2c(c1)c1ccccc1n2C.CC(=O)c1ccc2c(c1)c1ccccc1n2C.Cl.NO. The predicted molar refractivity (Wildman–Crippen MR) is 158 cm³/mol. The third-order valence-corrected chi connectivity index (χ3v) is 6.80. The number of aromatic nitrogens is 2. The lowest BCUT2D eigenvalue weighted by Gasteiger charge is -2.00. The van der Waals surface area contributed by atoms with Gasteiger partial charge in [0.05, 0.1) is 5.71 Å². The predicted octanol–water partition coefficient (Wildman–Crippen LogP) is 6.82. The number of carbonyl (C=O) groups is 1. The van der Waals surface area contributed by atoms with Crippen molar-refractivity contribution >= 4 is 67.5 Å². The van der Waals surface area contributed by atoms with Gasteiger partial charge in [-0.25, -0.2) is 5.90 Å². The van der Waals surface area contributed by atoms with Crippen LogP contribution in [0.15, 0.2) is 90.1 Å². The lowest BCUT2D eigenvalue weighted by molar-refractivity contribution is 0.101. The molecule has 7 nitrogen and oxygen atoms in total. The van der Waals surface area contributed by atoms with Gasteiger partial charge in [-0.3, -0.25) is 4.79 Å². The molecule has 0 unspecified atom stereocenters. The normalized spacial score (nSPS) is 11.1. The quantitative estimate of drug-likeness (QED) is 0.0988. The first-order valence-corrected chi connectivity index (χ1v) is 11.8. The number of nitrogens with zero attached hydrogens (tertiary/aromatic N) is 3. The molecule has 8 heteroatoms. The van der Waals surface area contributed by atoms with Crippen LogP contribution in [0, 0.1) is 0 Å². The van der Waals surface area contributed by atoms with Crippen molar-refractivity contribution in [1.82, 2.24) is 9.13 Å². The number of rotatable bonds is 2. The number of Topliss-reactive ketones (excluding diaryl/α,β-unsaturated/α-hetero) is 1. The highest BCUT2D eigenvalue weighted by molar-refractivity contribution is 6.12. The van der Waals surface area contributed by atoms with E-state index < -0.39 is 0 Å². The van der Waals surface area contributed by atoms with Crippen molar-refractivity contribution in [3.8, 4) is 0 Å². The van der Waals surface area contributed by atoms with Crippen LogP contribution in [0.3, 0.4) is 0 Å². The number of hydrogen-bond donors (Lipinski definition) is 3. The molecule has 4 aromatic carbocycles. The summed E-state index contributed by atoms with van der Waals surface area (Å²) in [5.41, 5.74) is 7.10. The molecule has 2 aromatic heterocycles. The summed E-state index contributed by atoms with van der Waals surface area (Å²) in [7, 11) is 4.12. The third-order valence-electron chi connectivity index (χ3n) is 6.80. The van der Waals surface area contributed by atoms with E-state index in [-0.39, 0.29) is 18.2 Å². The Bertz CT molecular complexity index is 1780. The molecule has 0 saturated heterocycles. The molecule has 0 amide bonds. The lowest BCUT2D eigenvalue weighted by atomic mass is 10.1. The second-order valence-electron chi connectivity index (χ2n) is 8.86. The Kier molecular flexibility index (Phi) is 8.91. The molecule has 0 aliphatic heterocycles. The maximum atomic E-state index is 11.4. The summed E-state index contributed by atoms with van der Waals surface area (Å²) in [5.74, 6) is 3.61. The highest BCUT2D eigenvalue weighted by Crippen LogP contribution is 2.29. The van der Waals surface area contributed by atoms with Gasteiger partial charge in [0, 0.05) is 63.3 Å². The first-order valence-electron chi connectivity index (χ1n) is 11.8. The molecule has 4 N–H and O–H groups in total. The number of oxime groups is 1. The summed E-state index contributed by atoms with van der Waals surface area (Å²) in [6, 6.07) is 28.6. The molecule has 6 aromatic rings. The zero-order valence-electron chi connectivity index (χ0n) is 21.7. The van der Waals surface area contributed by atoms with Crippen LogP contribution in [0.2, 0.25) is 0 Å². The molecule has 0 aliphatic carbocycles. The number of aryl methyl sites for hydroxylation is 2. The zero-order chi connectivity index (χ0) is 26.7. The fourth-order valence-electron chi connectivity index (χ4n) is 4.84. The third kappa shape index (κ3) is 4.99. The molecule has 0 bridgehead atoms. The maximum absolute atomic E-state index is 11.4. The van der Waals surface area contributed by atoms with Gasteiger partial charge in [-0.15, -0.1) is 12.4 Å². The molecule has 0 radical (unpaired) electrons. The van der Waals surface area contributed by atoms with Crippen molar-refractivity contribution in [3.63, 3.8) is 0 Å². The Morgan fingerprint density at radius 2 is 1.05 bits per heavy atom. The monoisotopic (exact) mass is 530 g/mol. The summed E-state index contributed by atoms with van der Waals surface area (Å²) in [4.78, 5) is 11.4. The molecular formula is C30H31ClN4O3. The van der Waals surface area contributed by atoms with Crippen LogP contribution in [-0.2, 0) is 14.1 Å². The van der Waals surface area contributed by atoms with Gasteiger partial charge >= 0.3 is 0 Å². The Hall–Kier alpha value is -4.17. The van der Waals surface area contributed by atoms with E-state index in [4.69, 9.17) is 10.4 Å². The fourth-order valence-corrected chi connectivity index (χ4v) is 4.84. The summed E-state index contributed by atoms with van der Waals surface area (Å²) >= 11 is 0. The second kappa shape index (κ2) is 11.9. The van der Waals surface area contributed by atoms with E-state index in [1.165, 1.54) is 32.7 Å². The molecule has 38 heavy (non-hydrogen) atoms. The molecule has 0 spiro atoms. The van der Waals surface area contributed by atoms with E-state index in [0.29, 0.717) is 5.71 Å². The van der Waals surface area contributed by atoms with Gasteiger partial charge in [0.2, 0.25) is 0 Å². The Balaban J connectivity index is 0.000000193. The van der Waals surface area contributed by atoms with Gasteiger partial charge in [0.15, 0.2) is 5.78 Å². The van der Waals surface area contributed by atoms with Crippen LogP contribution >= 0.6 is 12.4 Å². The van der Waals surface area contributed by atoms with Crippen molar-refractivity contribution in [1.29, 1.82) is 0 Å². The molecule has 196 valence electrons. The molecular weight excluding hydrogens is 500 g/mol. The van der Waals surface area contributed by atoms with Crippen LogP contribution in [0.4, 0.5) is 0 Å². The van der Waals surface area contributed by atoms with Crippen molar-refractivity contribution < 1.29 is 15.2 Å². The first-order chi connectivity index (χ1) is 17.9. The van der Waals surface area contributed by atoms with Gasteiger partial charge in [-0.05, 0) is 61.9 Å². The summed E-state index contributed by atoms with van der Waals surface area (Å²) < 4.78 is 4.34. The number of carbonyl (C=O) groups excluding carboxylic acids is 1. The minimum Gasteiger partial charge on any atom is -0.411 e. The van der Waals surface area contributed by atoms with Crippen molar-refractivity contribution in [3.05, 3.63) is 96.1 Å². The minimum atomic E-state index is 0. The van der Waals surface area contributed by atoms with Crippen LogP contribution < -0.4 is 5.90 Å². The highest BCUT2D eigenvalue weighted by Gasteiger charge is 2.10. The van der Waals surface area contributed by atoms with Crippen LogP contribution in [-0.4, -0.2) is 31.0 Å². The molecule has 6 rings (SSSR count). The molecule has 0 saturated carbocycles. The zero-order valence-corrected chi connectivity index (χ0v) is 22.5. The number of para-hydroxylation sites is 2. The van der Waals surface area contributed by atoms with E-state index >= 15 is 0 Å². The largest absolute Gasteiger partial charge is 0.411 e. The van der Waals surface area contributed by atoms with E-state index in [1.807, 2.05) is 48.5 Å².